The van der Waals surface area contributed by atoms with Gasteiger partial charge in [0.15, 0.2) is 5.82 Å². The van der Waals surface area contributed by atoms with E-state index in [1.165, 1.54) is 0 Å². The lowest BCUT2D eigenvalue weighted by Crippen LogP contribution is -1.92. The van der Waals surface area contributed by atoms with Crippen LogP contribution in [0, 0.1) is 6.92 Å². The van der Waals surface area contributed by atoms with Crippen molar-refractivity contribution >= 4 is 0 Å². The van der Waals surface area contributed by atoms with Crippen LogP contribution in [0.15, 0.2) is 55.2 Å². The third-order valence-electron chi connectivity index (χ3n) is 2.77. The van der Waals surface area contributed by atoms with Gasteiger partial charge >= 0.3 is 0 Å². The Hall–Kier alpha value is -2.62. The molecule has 19 heavy (non-hydrogen) atoms. The molecule has 0 aromatic carbocycles. The number of hydrogen-bond donors (Lipinski definition) is 0. The van der Waals surface area contributed by atoms with Crippen molar-refractivity contribution in [2.45, 2.75) is 6.92 Å². The van der Waals surface area contributed by atoms with Gasteiger partial charge in [-0.2, -0.15) is 0 Å². The lowest BCUT2D eigenvalue weighted by atomic mass is 10.1. The van der Waals surface area contributed by atoms with Crippen LogP contribution in [0.1, 0.15) is 5.56 Å². The average Bonchev–Trinajstić information content (AvgIpc) is 2.49. The summed E-state index contributed by atoms with van der Waals surface area (Å²) >= 11 is 0. The van der Waals surface area contributed by atoms with Crippen molar-refractivity contribution in [3.05, 3.63) is 60.8 Å². The van der Waals surface area contributed by atoms with E-state index in [1.54, 1.807) is 18.6 Å². The van der Waals surface area contributed by atoms with E-state index in [-0.39, 0.29) is 0 Å². The smallest absolute Gasteiger partial charge is 0.178 e. The van der Waals surface area contributed by atoms with E-state index in [2.05, 4.69) is 19.9 Å². The molecule has 0 spiro atoms. The van der Waals surface area contributed by atoms with E-state index in [1.807, 2.05) is 43.6 Å². The van der Waals surface area contributed by atoms with Crippen molar-refractivity contribution in [3.8, 4) is 22.6 Å². The molecule has 0 radical (unpaired) electrons. The standard InChI is InChI=1S/C15H12N4/c1-11-7-18-15(19-8-11)14-5-4-13(10-17-14)12-3-2-6-16-9-12/h2-10H,1H3. The Morgan fingerprint density at radius 1 is 0.789 bits per heavy atom. The molecule has 0 saturated heterocycles. The van der Waals surface area contributed by atoms with Crippen LogP contribution in [0.5, 0.6) is 0 Å². The van der Waals surface area contributed by atoms with Crippen molar-refractivity contribution < 1.29 is 0 Å². The molecule has 0 aliphatic carbocycles. The van der Waals surface area contributed by atoms with Gasteiger partial charge in [0.05, 0.1) is 0 Å². The first-order chi connectivity index (χ1) is 9.33. The van der Waals surface area contributed by atoms with E-state index in [9.17, 15) is 0 Å². The summed E-state index contributed by atoms with van der Waals surface area (Å²) in [6, 6.07) is 7.84. The predicted molar refractivity (Wildman–Crippen MR) is 73.2 cm³/mol. The Morgan fingerprint density at radius 2 is 1.58 bits per heavy atom. The summed E-state index contributed by atoms with van der Waals surface area (Å²) in [6.07, 6.45) is 8.97. The Balaban J connectivity index is 1.93. The van der Waals surface area contributed by atoms with E-state index < -0.39 is 0 Å². The molecule has 3 heterocycles. The molecule has 4 nitrogen and oxygen atoms in total. The zero-order valence-corrected chi connectivity index (χ0v) is 10.5. The molecule has 4 heteroatoms. The molecular weight excluding hydrogens is 236 g/mol. The van der Waals surface area contributed by atoms with Crippen LogP contribution >= 0.6 is 0 Å². The SMILES string of the molecule is Cc1cnc(-c2ccc(-c3cccnc3)cn2)nc1. The van der Waals surface area contributed by atoms with Gasteiger partial charge in [0.1, 0.15) is 5.69 Å². The maximum absolute atomic E-state index is 4.40. The summed E-state index contributed by atoms with van der Waals surface area (Å²) in [5.74, 6) is 0.642. The van der Waals surface area contributed by atoms with Crippen molar-refractivity contribution in [3.63, 3.8) is 0 Å². The van der Waals surface area contributed by atoms with Crippen LogP contribution in [-0.4, -0.2) is 19.9 Å². The minimum Gasteiger partial charge on any atom is -0.264 e. The lowest BCUT2D eigenvalue weighted by molar-refractivity contribution is 1.11. The van der Waals surface area contributed by atoms with Crippen LogP contribution in [0.3, 0.4) is 0 Å². The minimum absolute atomic E-state index is 0.642. The third-order valence-corrected chi connectivity index (χ3v) is 2.77. The Bertz CT molecular complexity index is 661. The summed E-state index contributed by atoms with van der Waals surface area (Å²) in [5.41, 5.74) is 3.89. The quantitative estimate of drug-likeness (QED) is 0.699. The van der Waals surface area contributed by atoms with Crippen LogP contribution in [-0.2, 0) is 0 Å². The molecule has 92 valence electrons. The van der Waals surface area contributed by atoms with E-state index >= 15 is 0 Å². The number of rotatable bonds is 2. The predicted octanol–water partition coefficient (Wildman–Crippen LogP) is 2.91. The lowest BCUT2D eigenvalue weighted by Gasteiger charge is -2.02. The first-order valence-electron chi connectivity index (χ1n) is 5.98. The van der Waals surface area contributed by atoms with Gasteiger partial charge < -0.3 is 0 Å². The average molecular weight is 248 g/mol. The van der Waals surface area contributed by atoms with Crippen molar-refractivity contribution in [2.24, 2.45) is 0 Å². The van der Waals surface area contributed by atoms with Gasteiger partial charge in [-0.3, -0.25) is 9.97 Å². The number of aryl methyl sites for hydroxylation is 1. The van der Waals surface area contributed by atoms with Crippen LogP contribution in [0.2, 0.25) is 0 Å². The fourth-order valence-corrected chi connectivity index (χ4v) is 1.76. The highest BCUT2D eigenvalue weighted by atomic mass is 14.9. The molecule has 0 fully saturated rings. The zero-order valence-electron chi connectivity index (χ0n) is 10.5. The van der Waals surface area contributed by atoms with Gasteiger partial charge in [-0.25, -0.2) is 9.97 Å². The van der Waals surface area contributed by atoms with E-state index in [4.69, 9.17) is 0 Å². The normalized spacial score (nSPS) is 10.4. The summed E-state index contributed by atoms with van der Waals surface area (Å²) in [7, 11) is 0. The molecule has 0 atom stereocenters. The van der Waals surface area contributed by atoms with Crippen molar-refractivity contribution in [1.29, 1.82) is 0 Å². The highest BCUT2D eigenvalue weighted by molar-refractivity contribution is 5.63. The summed E-state index contributed by atoms with van der Waals surface area (Å²) < 4.78 is 0. The van der Waals surface area contributed by atoms with Gasteiger partial charge in [-0.1, -0.05) is 12.1 Å². The molecule has 0 bridgehead atoms. The first kappa shape index (κ1) is 11.5. The first-order valence-corrected chi connectivity index (χ1v) is 5.98. The third kappa shape index (κ3) is 2.47. The highest BCUT2D eigenvalue weighted by Crippen LogP contribution is 2.19. The Morgan fingerprint density at radius 3 is 2.21 bits per heavy atom. The summed E-state index contributed by atoms with van der Waals surface area (Å²) in [6.45, 7) is 1.96. The van der Waals surface area contributed by atoms with Gasteiger partial charge in [0.2, 0.25) is 0 Å². The van der Waals surface area contributed by atoms with Crippen molar-refractivity contribution in [1.82, 2.24) is 19.9 Å². The molecule has 3 aromatic rings. The number of pyridine rings is 2. The number of aromatic nitrogens is 4. The maximum Gasteiger partial charge on any atom is 0.178 e. The minimum atomic E-state index is 0.642. The highest BCUT2D eigenvalue weighted by Gasteiger charge is 2.03. The van der Waals surface area contributed by atoms with Crippen LogP contribution in [0.25, 0.3) is 22.6 Å². The molecule has 3 aromatic heterocycles. The monoisotopic (exact) mass is 248 g/mol. The Labute approximate surface area is 111 Å². The Kier molecular flexibility index (Phi) is 2.98. The molecule has 0 amide bonds. The van der Waals surface area contributed by atoms with Crippen LogP contribution in [0.4, 0.5) is 0 Å². The second-order valence-electron chi connectivity index (χ2n) is 4.26. The fourth-order valence-electron chi connectivity index (χ4n) is 1.76. The molecular formula is C15H12N4. The second-order valence-corrected chi connectivity index (χ2v) is 4.26. The molecule has 0 N–H and O–H groups in total. The second kappa shape index (κ2) is 4.94. The molecule has 0 saturated carbocycles. The topological polar surface area (TPSA) is 51.6 Å². The van der Waals surface area contributed by atoms with Gasteiger partial charge in [0, 0.05) is 42.1 Å². The summed E-state index contributed by atoms with van der Waals surface area (Å²) in [4.78, 5) is 17.0. The fraction of sp³-hybridized carbons (Fsp3) is 0.0667. The van der Waals surface area contributed by atoms with E-state index in [0.29, 0.717) is 5.82 Å². The molecule has 0 aliphatic rings. The van der Waals surface area contributed by atoms with Gasteiger partial charge in [-0.05, 0) is 24.6 Å². The van der Waals surface area contributed by atoms with Crippen LogP contribution < -0.4 is 0 Å². The zero-order chi connectivity index (χ0) is 13.1. The van der Waals surface area contributed by atoms with Gasteiger partial charge in [0.25, 0.3) is 0 Å². The molecule has 0 aliphatic heterocycles. The molecule has 0 unspecified atom stereocenters. The van der Waals surface area contributed by atoms with Crippen molar-refractivity contribution in [2.75, 3.05) is 0 Å². The van der Waals surface area contributed by atoms with Gasteiger partial charge in [-0.15, -0.1) is 0 Å². The number of hydrogen-bond acceptors (Lipinski definition) is 4. The number of nitrogens with zero attached hydrogens (tertiary/aromatic N) is 4. The largest absolute Gasteiger partial charge is 0.264 e. The maximum atomic E-state index is 4.40. The van der Waals surface area contributed by atoms with E-state index in [0.717, 1.165) is 22.4 Å². The summed E-state index contributed by atoms with van der Waals surface area (Å²) in [5, 5.41) is 0. The molecule has 3 rings (SSSR count).